The SMILES string of the molecule is COC(=O)[C@H](Cc1ccc(C)c(OC)c1)N1C(=O)C[C@@H]2[C@H](C[N+](=O)[O-])[C@@H](C)C[C@@]21O. The number of hydrogen-bond donors (Lipinski definition) is 1. The second kappa shape index (κ2) is 8.22. The van der Waals surface area contributed by atoms with Gasteiger partial charge in [0.05, 0.1) is 14.2 Å². The molecule has 1 heterocycles. The summed E-state index contributed by atoms with van der Waals surface area (Å²) in [5, 5.41) is 22.6. The van der Waals surface area contributed by atoms with E-state index in [2.05, 4.69) is 0 Å². The molecule has 1 aromatic carbocycles. The molecular formula is C21H28N2O7. The van der Waals surface area contributed by atoms with Gasteiger partial charge in [0, 0.05) is 29.6 Å². The lowest BCUT2D eigenvalue weighted by Gasteiger charge is -2.38. The number of esters is 1. The van der Waals surface area contributed by atoms with Gasteiger partial charge in [-0.15, -0.1) is 0 Å². The van der Waals surface area contributed by atoms with Crippen molar-refractivity contribution in [3.05, 3.63) is 39.4 Å². The summed E-state index contributed by atoms with van der Waals surface area (Å²) >= 11 is 0. The molecule has 1 aromatic rings. The maximum absolute atomic E-state index is 12.9. The Kier molecular flexibility index (Phi) is 6.03. The largest absolute Gasteiger partial charge is 0.496 e. The van der Waals surface area contributed by atoms with Gasteiger partial charge >= 0.3 is 5.97 Å². The number of likely N-dealkylation sites (tertiary alicyclic amines) is 1. The number of amides is 1. The number of nitro groups is 1. The van der Waals surface area contributed by atoms with Crippen molar-refractivity contribution in [2.75, 3.05) is 20.8 Å². The minimum Gasteiger partial charge on any atom is -0.496 e. The molecule has 3 rings (SSSR count). The lowest BCUT2D eigenvalue weighted by molar-refractivity contribution is -0.491. The number of nitrogens with zero attached hydrogens (tertiary/aromatic N) is 2. The van der Waals surface area contributed by atoms with Gasteiger partial charge in [-0.2, -0.15) is 0 Å². The average molecular weight is 420 g/mol. The third kappa shape index (κ3) is 3.74. The fourth-order valence-corrected chi connectivity index (χ4v) is 5.16. The monoisotopic (exact) mass is 420 g/mol. The molecule has 2 aliphatic rings. The van der Waals surface area contributed by atoms with Crippen LogP contribution in [0.5, 0.6) is 5.75 Å². The Hall–Kier alpha value is -2.68. The highest BCUT2D eigenvalue weighted by Gasteiger charge is 2.64. The molecule has 0 unspecified atom stereocenters. The number of fused-ring (bicyclic) bond motifs is 1. The summed E-state index contributed by atoms with van der Waals surface area (Å²) in [5.74, 6) is -1.55. The first-order valence-corrected chi connectivity index (χ1v) is 10.00. The van der Waals surface area contributed by atoms with Crippen LogP contribution in [0.1, 0.15) is 30.9 Å². The van der Waals surface area contributed by atoms with Crippen LogP contribution < -0.4 is 4.74 Å². The number of hydrogen-bond acceptors (Lipinski definition) is 7. The number of methoxy groups -OCH3 is 2. The summed E-state index contributed by atoms with van der Waals surface area (Å²) in [5.41, 5.74) is 0.0739. The molecule has 1 saturated carbocycles. The molecule has 0 radical (unpaired) electrons. The van der Waals surface area contributed by atoms with Crippen LogP contribution in [0.15, 0.2) is 18.2 Å². The lowest BCUT2D eigenvalue weighted by atomic mass is 9.88. The minimum absolute atomic E-state index is 0.0238. The molecule has 0 aromatic heterocycles. The molecule has 5 atom stereocenters. The van der Waals surface area contributed by atoms with Crippen molar-refractivity contribution < 1.29 is 29.1 Å². The van der Waals surface area contributed by atoms with Crippen LogP contribution >= 0.6 is 0 Å². The quantitative estimate of drug-likeness (QED) is 0.404. The normalized spacial score (nSPS) is 28.9. The molecule has 9 nitrogen and oxygen atoms in total. The maximum Gasteiger partial charge on any atom is 0.329 e. The zero-order valence-electron chi connectivity index (χ0n) is 17.7. The molecule has 1 N–H and O–H groups in total. The summed E-state index contributed by atoms with van der Waals surface area (Å²) in [6.07, 6.45) is 0.301. The number of benzene rings is 1. The van der Waals surface area contributed by atoms with Crippen molar-refractivity contribution in [1.29, 1.82) is 0 Å². The highest BCUT2D eigenvalue weighted by atomic mass is 16.6. The first-order chi connectivity index (χ1) is 14.1. The van der Waals surface area contributed by atoms with Crippen molar-refractivity contribution >= 4 is 11.9 Å². The Morgan fingerprint density at radius 2 is 2.13 bits per heavy atom. The second-order valence-corrected chi connectivity index (χ2v) is 8.36. The second-order valence-electron chi connectivity index (χ2n) is 8.36. The van der Waals surface area contributed by atoms with Crippen molar-refractivity contribution in [2.45, 2.75) is 44.9 Å². The van der Waals surface area contributed by atoms with E-state index in [4.69, 9.17) is 9.47 Å². The molecule has 1 saturated heterocycles. The van der Waals surface area contributed by atoms with Crippen LogP contribution in [0.2, 0.25) is 0 Å². The zero-order valence-corrected chi connectivity index (χ0v) is 17.7. The van der Waals surface area contributed by atoms with Crippen LogP contribution in [0.3, 0.4) is 0 Å². The Morgan fingerprint density at radius 1 is 1.43 bits per heavy atom. The summed E-state index contributed by atoms with van der Waals surface area (Å²) in [6, 6.07) is 4.45. The van der Waals surface area contributed by atoms with Gasteiger partial charge in [-0.3, -0.25) is 19.8 Å². The fourth-order valence-electron chi connectivity index (χ4n) is 5.16. The van der Waals surface area contributed by atoms with Crippen LogP contribution in [-0.2, 0) is 20.7 Å². The smallest absolute Gasteiger partial charge is 0.329 e. The Bertz CT molecular complexity index is 858. The van der Waals surface area contributed by atoms with Crippen LogP contribution in [0.4, 0.5) is 0 Å². The Balaban J connectivity index is 1.95. The predicted molar refractivity (Wildman–Crippen MR) is 106 cm³/mol. The molecule has 0 spiro atoms. The van der Waals surface area contributed by atoms with E-state index in [0.717, 1.165) is 11.1 Å². The van der Waals surface area contributed by atoms with E-state index >= 15 is 0 Å². The summed E-state index contributed by atoms with van der Waals surface area (Å²) < 4.78 is 10.3. The fraction of sp³-hybridized carbons (Fsp3) is 0.619. The van der Waals surface area contributed by atoms with Gasteiger partial charge < -0.3 is 14.6 Å². The third-order valence-corrected chi connectivity index (χ3v) is 6.59. The maximum atomic E-state index is 12.9. The predicted octanol–water partition coefficient (Wildman–Crippen LogP) is 1.56. The van der Waals surface area contributed by atoms with Crippen molar-refractivity contribution in [3.8, 4) is 5.75 Å². The molecule has 2 fully saturated rings. The van der Waals surface area contributed by atoms with Gasteiger partial charge in [0.1, 0.15) is 17.5 Å². The summed E-state index contributed by atoms with van der Waals surface area (Å²) in [6.45, 7) is 3.42. The van der Waals surface area contributed by atoms with Crippen LogP contribution in [0, 0.1) is 34.8 Å². The van der Waals surface area contributed by atoms with E-state index in [0.29, 0.717) is 5.75 Å². The van der Waals surface area contributed by atoms with E-state index in [-0.39, 0.29) is 31.7 Å². The minimum atomic E-state index is -1.61. The van der Waals surface area contributed by atoms with Gasteiger partial charge in [0.2, 0.25) is 12.5 Å². The number of rotatable bonds is 7. The van der Waals surface area contributed by atoms with Gasteiger partial charge in [0.15, 0.2) is 0 Å². The Morgan fingerprint density at radius 3 is 2.73 bits per heavy atom. The molecule has 0 bridgehead atoms. The summed E-state index contributed by atoms with van der Waals surface area (Å²) in [4.78, 5) is 37.5. The number of carbonyl (C=O) groups excluding carboxylic acids is 2. The number of aryl methyl sites for hydroxylation is 1. The molecular weight excluding hydrogens is 392 g/mol. The Labute approximate surface area is 175 Å². The third-order valence-electron chi connectivity index (χ3n) is 6.59. The van der Waals surface area contributed by atoms with Gasteiger partial charge in [-0.1, -0.05) is 19.1 Å². The molecule has 164 valence electrons. The van der Waals surface area contributed by atoms with E-state index in [9.17, 15) is 24.8 Å². The number of carbonyl (C=O) groups is 2. The van der Waals surface area contributed by atoms with Gasteiger partial charge in [-0.25, -0.2) is 4.79 Å². The molecule has 30 heavy (non-hydrogen) atoms. The number of ether oxygens (including phenoxy) is 2. The van der Waals surface area contributed by atoms with Crippen molar-refractivity contribution in [3.63, 3.8) is 0 Å². The number of aliphatic hydroxyl groups is 1. The summed E-state index contributed by atoms with van der Waals surface area (Å²) in [7, 11) is 2.79. The highest BCUT2D eigenvalue weighted by Crippen LogP contribution is 2.53. The molecule has 1 amide bonds. The van der Waals surface area contributed by atoms with E-state index < -0.39 is 40.4 Å². The molecule has 9 heteroatoms. The van der Waals surface area contributed by atoms with Crippen molar-refractivity contribution in [1.82, 2.24) is 4.90 Å². The molecule has 1 aliphatic carbocycles. The van der Waals surface area contributed by atoms with Crippen molar-refractivity contribution in [2.24, 2.45) is 17.8 Å². The van der Waals surface area contributed by atoms with Crippen LogP contribution in [0.25, 0.3) is 0 Å². The zero-order chi connectivity index (χ0) is 22.2. The van der Waals surface area contributed by atoms with E-state index in [1.165, 1.54) is 12.0 Å². The van der Waals surface area contributed by atoms with Gasteiger partial charge in [0.25, 0.3) is 0 Å². The van der Waals surface area contributed by atoms with E-state index in [1.54, 1.807) is 13.2 Å². The standard InChI is InChI=1S/C21H28N2O7/c1-12-5-6-14(8-18(12)29-3)7-17(20(25)30-4)23-19(24)9-16-15(11-22(27)28)13(2)10-21(16,23)26/h5-6,8,13,15-17,26H,7,9-11H2,1-4H3/t13-,15+,16+,17-,21+/m0/s1. The van der Waals surface area contributed by atoms with E-state index in [1.807, 2.05) is 26.0 Å². The average Bonchev–Trinajstić information content (AvgIpc) is 3.07. The topological polar surface area (TPSA) is 119 Å². The van der Waals surface area contributed by atoms with Crippen LogP contribution in [-0.4, -0.2) is 59.3 Å². The first kappa shape index (κ1) is 22.0. The first-order valence-electron chi connectivity index (χ1n) is 10.00. The lowest BCUT2D eigenvalue weighted by Crippen LogP contribution is -2.56. The van der Waals surface area contributed by atoms with Gasteiger partial charge in [-0.05, 0) is 36.5 Å². The molecule has 1 aliphatic heterocycles. The highest BCUT2D eigenvalue weighted by molar-refractivity contribution is 5.87.